The van der Waals surface area contributed by atoms with E-state index in [1.54, 1.807) is 0 Å². The Morgan fingerprint density at radius 1 is 1.44 bits per heavy atom. The van der Waals surface area contributed by atoms with Gasteiger partial charge in [0.2, 0.25) is 5.75 Å². The van der Waals surface area contributed by atoms with Gasteiger partial charge in [0, 0.05) is 0 Å². The second-order valence-electron chi connectivity index (χ2n) is 2.65. The SMILES string of the molecule is COc1cnc([N+](=O)[O-])c(OC)c1C(F)F. The molecule has 0 amide bonds. The van der Waals surface area contributed by atoms with Crippen LogP contribution in [0.5, 0.6) is 11.5 Å². The average molecular weight is 234 g/mol. The number of rotatable bonds is 4. The van der Waals surface area contributed by atoms with Crippen molar-refractivity contribution in [2.45, 2.75) is 6.43 Å². The van der Waals surface area contributed by atoms with Crippen molar-refractivity contribution in [3.05, 3.63) is 21.9 Å². The second-order valence-corrected chi connectivity index (χ2v) is 2.65. The lowest BCUT2D eigenvalue weighted by atomic mass is 10.2. The number of hydrogen-bond acceptors (Lipinski definition) is 5. The summed E-state index contributed by atoms with van der Waals surface area (Å²) in [6.07, 6.45) is -2.09. The van der Waals surface area contributed by atoms with Gasteiger partial charge in [0.1, 0.15) is 5.56 Å². The minimum Gasteiger partial charge on any atom is -0.492 e. The van der Waals surface area contributed by atoms with E-state index in [9.17, 15) is 18.9 Å². The standard InChI is InChI=1S/C8H8F2N2O4/c1-15-4-3-11-8(12(13)14)6(16-2)5(4)7(9)10/h3,7H,1-2H3. The molecule has 1 rings (SSSR count). The highest BCUT2D eigenvalue weighted by Crippen LogP contribution is 2.40. The predicted molar refractivity (Wildman–Crippen MR) is 49.0 cm³/mol. The zero-order chi connectivity index (χ0) is 12.3. The van der Waals surface area contributed by atoms with Crippen molar-refractivity contribution >= 4 is 5.82 Å². The summed E-state index contributed by atoms with van der Waals surface area (Å²) in [6.45, 7) is 0. The zero-order valence-corrected chi connectivity index (χ0v) is 8.44. The predicted octanol–water partition coefficient (Wildman–Crippen LogP) is 1.94. The monoisotopic (exact) mass is 234 g/mol. The first-order valence-electron chi connectivity index (χ1n) is 4.06. The maximum Gasteiger partial charge on any atom is 0.406 e. The summed E-state index contributed by atoms with van der Waals surface area (Å²) in [5.74, 6) is -1.60. The van der Waals surface area contributed by atoms with E-state index in [1.807, 2.05) is 0 Å². The van der Waals surface area contributed by atoms with E-state index in [0.717, 1.165) is 20.4 Å². The van der Waals surface area contributed by atoms with E-state index in [-0.39, 0.29) is 5.75 Å². The van der Waals surface area contributed by atoms with Gasteiger partial charge in [0.05, 0.1) is 14.2 Å². The molecular formula is C8H8F2N2O4. The first-order valence-corrected chi connectivity index (χ1v) is 4.06. The van der Waals surface area contributed by atoms with Crippen molar-refractivity contribution < 1.29 is 23.2 Å². The molecule has 0 aliphatic carbocycles. The van der Waals surface area contributed by atoms with Crippen LogP contribution in [-0.4, -0.2) is 24.1 Å². The molecule has 6 nitrogen and oxygen atoms in total. The fourth-order valence-corrected chi connectivity index (χ4v) is 1.18. The van der Waals surface area contributed by atoms with Crippen LogP contribution in [0.4, 0.5) is 14.6 Å². The Morgan fingerprint density at radius 2 is 2.06 bits per heavy atom. The third-order valence-corrected chi connectivity index (χ3v) is 1.83. The smallest absolute Gasteiger partial charge is 0.406 e. The summed E-state index contributed by atoms with van der Waals surface area (Å²) in [4.78, 5) is 13.0. The molecule has 0 fully saturated rings. The quantitative estimate of drug-likeness (QED) is 0.587. The Bertz CT molecular complexity index is 411. The van der Waals surface area contributed by atoms with Crippen LogP contribution < -0.4 is 9.47 Å². The highest BCUT2D eigenvalue weighted by Gasteiger charge is 2.30. The van der Waals surface area contributed by atoms with E-state index in [4.69, 9.17) is 0 Å². The van der Waals surface area contributed by atoms with E-state index in [0.29, 0.717) is 0 Å². The number of nitrogens with zero attached hydrogens (tertiary/aromatic N) is 2. The molecule has 8 heteroatoms. The molecule has 0 aliphatic rings. The number of alkyl halides is 2. The van der Waals surface area contributed by atoms with Crippen LogP contribution in [0.25, 0.3) is 0 Å². The molecule has 0 spiro atoms. The van der Waals surface area contributed by atoms with Crippen LogP contribution in [0.3, 0.4) is 0 Å². The molecule has 0 bridgehead atoms. The number of methoxy groups -OCH3 is 2. The Morgan fingerprint density at radius 3 is 2.44 bits per heavy atom. The fourth-order valence-electron chi connectivity index (χ4n) is 1.18. The molecule has 0 saturated carbocycles. The van der Waals surface area contributed by atoms with Gasteiger partial charge in [-0.25, -0.2) is 8.78 Å². The Hall–Kier alpha value is -1.99. The van der Waals surface area contributed by atoms with Gasteiger partial charge in [-0.3, -0.25) is 0 Å². The van der Waals surface area contributed by atoms with Crippen molar-refractivity contribution in [3.8, 4) is 11.5 Å². The van der Waals surface area contributed by atoms with Crippen molar-refractivity contribution in [1.29, 1.82) is 0 Å². The number of nitro groups is 1. The topological polar surface area (TPSA) is 74.5 Å². The normalized spacial score (nSPS) is 10.3. The third kappa shape index (κ3) is 2.00. The molecule has 1 heterocycles. The molecular weight excluding hydrogens is 226 g/mol. The van der Waals surface area contributed by atoms with Gasteiger partial charge in [0.15, 0.2) is 11.9 Å². The molecule has 0 unspecified atom stereocenters. The summed E-state index contributed by atoms with van der Waals surface area (Å²) >= 11 is 0. The zero-order valence-electron chi connectivity index (χ0n) is 8.44. The van der Waals surface area contributed by atoms with Gasteiger partial charge in [-0.15, -0.1) is 0 Å². The van der Waals surface area contributed by atoms with Gasteiger partial charge >= 0.3 is 5.82 Å². The van der Waals surface area contributed by atoms with Crippen molar-refractivity contribution in [2.75, 3.05) is 14.2 Å². The van der Waals surface area contributed by atoms with Gasteiger partial charge < -0.3 is 19.6 Å². The highest BCUT2D eigenvalue weighted by molar-refractivity contribution is 5.53. The second kappa shape index (κ2) is 4.69. The fraction of sp³-hybridized carbons (Fsp3) is 0.375. The first-order chi connectivity index (χ1) is 7.52. The molecule has 0 radical (unpaired) electrons. The molecule has 0 atom stereocenters. The van der Waals surface area contributed by atoms with Crippen LogP contribution in [0.15, 0.2) is 6.20 Å². The minimum atomic E-state index is -2.95. The summed E-state index contributed by atoms with van der Waals surface area (Å²) in [5, 5.41) is 10.5. The third-order valence-electron chi connectivity index (χ3n) is 1.83. The lowest BCUT2D eigenvalue weighted by molar-refractivity contribution is -0.390. The highest BCUT2D eigenvalue weighted by atomic mass is 19.3. The van der Waals surface area contributed by atoms with E-state index >= 15 is 0 Å². The maximum absolute atomic E-state index is 12.7. The lowest BCUT2D eigenvalue weighted by Crippen LogP contribution is -2.03. The van der Waals surface area contributed by atoms with Crippen LogP contribution >= 0.6 is 0 Å². The summed E-state index contributed by atoms with van der Waals surface area (Å²) in [7, 11) is 2.21. The summed E-state index contributed by atoms with van der Waals surface area (Å²) in [5.41, 5.74) is -0.674. The summed E-state index contributed by atoms with van der Waals surface area (Å²) in [6, 6.07) is 0. The Labute approximate surface area is 89.0 Å². The molecule has 1 aromatic rings. The molecule has 0 saturated heterocycles. The molecule has 1 aromatic heterocycles. The lowest BCUT2D eigenvalue weighted by Gasteiger charge is -2.10. The van der Waals surface area contributed by atoms with Crippen molar-refractivity contribution in [2.24, 2.45) is 0 Å². The number of aromatic nitrogens is 1. The van der Waals surface area contributed by atoms with Crippen LogP contribution in [0, 0.1) is 10.1 Å². The van der Waals surface area contributed by atoms with Gasteiger partial charge in [0.25, 0.3) is 6.43 Å². The molecule has 16 heavy (non-hydrogen) atoms. The maximum atomic E-state index is 12.7. The van der Waals surface area contributed by atoms with Crippen LogP contribution in [0.1, 0.15) is 12.0 Å². The molecule has 0 aliphatic heterocycles. The van der Waals surface area contributed by atoms with Crippen LogP contribution in [-0.2, 0) is 0 Å². The molecule has 0 aromatic carbocycles. The first kappa shape index (κ1) is 12.1. The Balaban J connectivity index is 3.49. The Kier molecular flexibility index (Phi) is 3.54. The minimum absolute atomic E-state index is 0.252. The van der Waals surface area contributed by atoms with Gasteiger partial charge in [-0.05, 0) is 9.91 Å². The van der Waals surface area contributed by atoms with E-state index in [1.165, 1.54) is 0 Å². The molecule has 88 valence electrons. The van der Waals surface area contributed by atoms with Crippen LogP contribution in [0.2, 0.25) is 0 Å². The summed E-state index contributed by atoms with van der Waals surface area (Å²) < 4.78 is 34.6. The van der Waals surface area contributed by atoms with E-state index in [2.05, 4.69) is 14.5 Å². The number of pyridine rings is 1. The van der Waals surface area contributed by atoms with Crippen molar-refractivity contribution in [3.63, 3.8) is 0 Å². The molecule has 0 N–H and O–H groups in total. The van der Waals surface area contributed by atoms with Crippen molar-refractivity contribution in [1.82, 2.24) is 4.98 Å². The average Bonchev–Trinajstić information content (AvgIpc) is 2.26. The number of hydrogen-bond donors (Lipinski definition) is 0. The largest absolute Gasteiger partial charge is 0.492 e. The van der Waals surface area contributed by atoms with E-state index < -0.39 is 28.5 Å². The number of ether oxygens (including phenoxy) is 2. The van der Waals surface area contributed by atoms with Gasteiger partial charge in [-0.1, -0.05) is 0 Å². The van der Waals surface area contributed by atoms with Gasteiger partial charge in [-0.2, -0.15) is 0 Å². The number of halogens is 2.